The highest BCUT2D eigenvalue weighted by Gasteiger charge is 2.36. The molecule has 1 amide bonds. The number of rotatable bonds is 6. The van der Waals surface area contributed by atoms with Crippen LogP contribution in [0, 0.1) is 11.8 Å². The Morgan fingerprint density at radius 2 is 1.68 bits per heavy atom. The molecule has 0 bridgehead atoms. The molecule has 19 heavy (non-hydrogen) atoms. The van der Waals surface area contributed by atoms with Crippen molar-refractivity contribution >= 4 is 5.91 Å². The molecule has 0 aliphatic heterocycles. The maximum atomic E-state index is 12.5. The third-order valence-electron chi connectivity index (χ3n) is 5.12. The smallest absolute Gasteiger partial charge is 0.223 e. The summed E-state index contributed by atoms with van der Waals surface area (Å²) in [6, 6.07) is 0.975. The summed E-state index contributed by atoms with van der Waals surface area (Å²) in [7, 11) is 0. The Balaban J connectivity index is 1.81. The molecule has 2 saturated carbocycles. The summed E-state index contributed by atoms with van der Waals surface area (Å²) in [5.74, 6) is 1.82. The van der Waals surface area contributed by atoms with Gasteiger partial charge in [-0.05, 0) is 38.0 Å². The minimum atomic E-state index is 0.409. The fraction of sp³-hybridized carbons (Fsp3) is 0.941. The van der Waals surface area contributed by atoms with E-state index in [1.54, 1.807) is 0 Å². The van der Waals surface area contributed by atoms with E-state index in [1.807, 2.05) is 0 Å². The Labute approximate surface area is 118 Å². The zero-order chi connectivity index (χ0) is 13.8. The molecule has 2 heteroatoms. The van der Waals surface area contributed by atoms with Crippen molar-refractivity contribution in [3.8, 4) is 0 Å². The van der Waals surface area contributed by atoms with E-state index >= 15 is 0 Å². The lowest BCUT2D eigenvalue weighted by Crippen LogP contribution is -2.43. The lowest BCUT2D eigenvalue weighted by atomic mass is 9.86. The number of carbonyl (C=O) groups is 1. The molecule has 2 aliphatic rings. The minimum Gasteiger partial charge on any atom is -0.337 e. The van der Waals surface area contributed by atoms with Gasteiger partial charge in [0.15, 0.2) is 0 Å². The summed E-state index contributed by atoms with van der Waals surface area (Å²) >= 11 is 0. The van der Waals surface area contributed by atoms with Gasteiger partial charge in [-0.25, -0.2) is 0 Å². The highest BCUT2D eigenvalue weighted by atomic mass is 16.2. The van der Waals surface area contributed by atoms with Crippen molar-refractivity contribution in [1.29, 1.82) is 0 Å². The molecule has 0 radical (unpaired) electrons. The number of amides is 1. The first-order chi connectivity index (χ1) is 9.09. The van der Waals surface area contributed by atoms with E-state index < -0.39 is 0 Å². The SMILES string of the molecule is CC(C)C(C)N(C(=O)CCC1CCCCC1)C1CC1. The monoisotopic (exact) mass is 265 g/mol. The Morgan fingerprint density at radius 1 is 1.05 bits per heavy atom. The quantitative estimate of drug-likeness (QED) is 0.698. The molecule has 0 aromatic carbocycles. The summed E-state index contributed by atoms with van der Waals surface area (Å²) in [4.78, 5) is 14.8. The van der Waals surface area contributed by atoms with Crippen LogP contribution in [0.5, 0.6) is 0 Å². The molecular formula is C17H31NO. The third-order valence-corrected chi connectivity index (χ3v) is 5.12. The van der Waals surface area contributed by atoms with Crippen molar-refractivity contribution in [3.63, 3.8) is 0 Å². The van der Waals surface area contributed by atoms with Gasteiger partial charge in [-0.1, -0.05) is 46.0 Å². The van der Waals surface area contributed by atoms with Crippen LogP contribution >= 0.6 is 0 Å². The van der Waals surface area contributed by atoms with E-state index in [0.717, 1.165) is 18.8 Å². The second-order valence-electron chi connectivity index (χ2n) is 7.06. The van der Waals surface area contributed by atoms with Gasteiger partial charge in [0.25, 0.3) is 0 Å². The van der Waals surface area contributed by atoms with E-state index in [2.05, 4.69) is 25.7 Å². The van der Waals surface area contributed by atoms with E-state index in [4.69, 9.17) is 0 Å². The maximum absolute atomic E-state index is 12.5. The van der Waals surface area contributed by atoms with Crippen LogP contribution in [0.2, 0.25) is 0 Å². The molecule has 0 N–H and O–H groups in total. The lowest BCUT2D eigenvalue weighted by Gasteiger charge is -2.33. The maximum Gasteiger partial charge on any atom is 0.223 e. The largest absolute Gasteiger partial charge is 0.337 e. The van der Waals surface area contributed by atoms with Crippen LogP contribution in [-0.4, -0.2) is 22.9 Å². The molecule has 0 spiro atoms. The fourth-order valence-electron chi connectivity index (χ4n) is 3.37. The Kier molecular flexibility index (Phi) is 5.29. The molecular weight excluding hydrogens is 234 g/mol. The Hall–Kier alpha value is -0.530. The molecule has 0 aromatic rings. The predicted molar refractivity (Wildman–Crippen MR) is 80.0 cm³/mol. The molecule has 0 saturated heterocycles. The first-order valence-corrected chi connectivity index (χ1v) is 8.40. The molecule has 0 heterocycles. The molecule has 2 rings (SSSR count). The van der Waals surface area contributed by atoms with Gasteiger partial charge in [0.1, 0.15) is 0 Å². The molecule has 1 atom stereocenters. The van der Waals surface area contributed by atoms with Gasteiger partial charge in [-0.2, -0.15) is 0 Å². The van der Waals surface area contributed by atoms with Crippen molar-refractivity contribution in [3.05, 3.63) is 0 Å². The van der Waals surface area contributed by atoms with E-state index in [9.17, 15) is 4.79 Å². The van der Waals surface area contributed by atoms with Crippen molar-refractivity contribution < 1.29 is 4.79 Å². The van der Waals surface area contributed by atoms with Gasteiger partial charge >= 0.3 is 0 Å². The van der Waals surface area contributed by atoms with Gasteiger partial charge in [0, 0.05) is 18.5 Å². The van der Waals surface area contributed by atoms with E-state index in [0.29, 0.717) is 23.9 Å². The van der Waals surface area contributed by atoms with Crippen molar-refractivity contribution in [2.45, 2.75) is 90.6 Å². The summed E-state index contributed by atoms with van der Waals surface area (Å²) < 4.78 is 0. The molecule has 0 aromatic heterocycles. The standard InChI is InChI=1S/C17H31NO/c1-13(2)14(3)18(16-10-11-16)17(19)12-9-15-7-5-4-6-8-15/h13-16H,4-12H2,1-3H3. The van der Waals surface area contributed by atoms with E-state index in [1.165, 1.54) is 44.9 Å². The van der Waals surface area contributed by atoms with E-state index in [-0.39, 0.29) is 0 Å². The summed E-state index contributed by atoms with van der Waals surface area (Å²) in [6.07, 6.45) is 11.3. The zero-order valence-electron chi connectivity index (χ0n) is 13.0. The van der Waals surface area contributed by atoms with Crippen LogP contribution in [-0.2, 0) is 4.79 Å². The normalized spacial score (nSPS) is 22.5. The predicted octanol–water partition coefficient (Wildman–Crippen LogP) is 4.38. The van der Waals surface area contributed by atoms with Crippen molar-refractivity contribution in [2.75, 3.05) is 0 Å². The minimum absolute atomic E-state index is 0.409. The average molecular weight is 265 g/mol. The number of hydrogen-bond donors (Lipinski definition) is 0. The molecule has 2 aliphatic carbocycles. The number of nitrogens with zero attached hydrogens (tertiary/aromatic N) is 1. The van der Waals surface area contributed by atoms with Crippen LogP contribution in [0.1, 0.15) is 78.6 Å². The van der Waals surface area contributed by atoms with Gasteiger partial charge in [-0.3, -0.25) is 4.79 Å². The molecule has 2 nitrogen and oxygen atoms in total. The summed E-state index contributed by atoms with van der Waals surface area (Å²) in [5.41, 5.74) is 0. The first-order valence-electron chi connectivity index (χ1n) is 8.40. The van der Waals surface area contributed by atoms with Crippen LogP contribution in [0.15, 0.2) is 0 Å². The van der Waals surface area contributed by atoms with Crippen LogP contribution in [0.4, 0.5) is 0 Å². The second kappa shape index (κ2) is 6.76. The Bertz CT molecular complexity index is 290. The highest BCUT2D eigenvalue weighted by molar-refractivity contribution is 5.77. The second-order valence-corrected chi connectivity index (χ2v) is 7.06. The van der Waals surface area contributed by atoms with Gasteiger partial charge in [0.2, 0.25) is 5.91 Å². The van der Waals surface area contributed by atoms with Crippen molar-refractivity contribution in [2.24, 2.45) is 11.8 Å². The number of hydrogen-bond acceptors (Lipinski definition) is 1. The van der Waals surface area contributed by atoms with Crippen LogP contribution < -0.4 is 0 Å². The lowest BCUT2D eigenvalue weighted by molar-refractivity contribution is -0.135. The first kappa shape index (κ1) is 14.9. The van der Waals surface area contributed by atoms with Gasteiger partial charge in [0.05, 0.1) is 0 Å². The summed E-state index contributed by atoms with van der Waals surface area (Å²) in [5, 5.41) is 0. The van der Waals surface area contributed by atoms with Crippen LogP contribution in [0.25, 0.3) is 0 Å². The fourth-order valence-corrected chi connectivity index (χ4v) is 3.37. The Morgan fingerprint density at radius 3 is 2.21 bits per heavy atom. The molecule has 1 unspecified atom stereocenters. The summed E-state index contributed by atoms with van der Waals surface area (Å²) in [6.45, 7) is 6.68. The van der Waals surface area contributed by atoms with Gasteiger partial charge in [-0.15, -0.1) is 0 Å². The zero-order valence-corrected chi connectivity index (χ0v) is 13.0. The number of carbonyl (C=O) groups excluding carboxylic acids is 1. The highest BCUT2D eigenvalue weighted by Crippen LogP contribution is 2.33. The average Bonchev–Trinajstić information content (AvgIpc) is 3.22. The van der Waals surface area contributed by atoms with Crippen molar-refractivity contribution in [1.82, 2.24) is 4.90 Å². The molecule has 110 valence electrons. The third kappa shape index (κ3) is 4.22. The van der Waals surface area contributed by atoms with Crippen LogP contribution in [0.3, 0.4) is 0 Å². The topological polar surface area (TPSA) is 20.3 Å². The molecule has 2 fully saturated rings. The van der Waals surface area contributed by atoms with Gasteiger partial charge < -0.3 is 4.90 Å².